The summed E-state index contributed by atoms with van der Waals surface area (Å²) >= 11 is 3.39. The Bertz CT molecular complexity index is 747. The third-order valence-electron chi connectivity index (χ3n) is 3.32. The second-order valence-corrected chi connectivity index (χ2v) is 6.04. The van der Waals surface area contributed by atoms with Crippen LogP contribution >= 0.6 is 15.9 Å². The normalized spacial score (nSPS) is 10.1. The molecule has 5 nitrogen and oxygen atoms in total. The first-order valence-corrected chi connectivity index (χ1v) is 8.36. The summed E-state index contributed by atoms with van der Waals surface area (Å²) in [5, 5.41) is 5.82. The fraction of sp³-hybridized carbons (Fsp3) is 0.222. The van der Waals surface area contributed by atoms with Crippen LogP contribution in [-0.2, 0) is 9.53 Å². The van der Waals surface area contributed by atoms with E-state index in [1.807, 2.05) is 25.1 Å². The van der Waals surface area contributed by atoms with Gasteiger partial charge in [-0.2, -0.15) is 0 Å². The standard InChI is InChI=1S/C18H19BrN2O3/c1-3-24-18(23)14-6-4-5-7-16(14)20-11-17(22)21-15-9-8-13(19)10-12(15)2/h4-10,20H,3,11H2,1-2H3,(H,21,22). The number of carbonyl (C=O) groups excluding carboxylic acids is 2. The van der Waals surface area contributed by atoms with Gasteiger partial charge in [-0.1, -0.05) is 28.1 Å². The third kappa shape index (κ3) is 4.83. The molecule has 126 valence electrons. The molecule has 0 atom stereocenters. The van der Waals surface area contributed by atoms with Gasteiger partial charge in [-0.25, -0.2) is 4.79 Å². The molecule has 2 rings (SSSR count). The summed E-state index contributed by atoms with van der Waals surface area (Å²) in [6, 6.07) is 12.6. The van der Waals surface area contributed by atoms with Gasteiger partial charge in [0.2, 0.25) is 5.91 Å². The Balaban J connectivity index is 2.00. The zero-order valence-corrected chi connectivity index (χ0v) is 15.1. The number of benzene rings is 2. The maximum Gasteiger partial charge on any atom is 0.340 e. The van der Waals surface area contributed by atoms with Gasteiger partial charge in [-0.05, 0) is 49.7 Å². The number of rotatable bonds is 6. The van der Waals surface area contributed by atoms with Crippen molar-refractivity contribution in [2.24, 2.45) is 0 Å². The van der Waals surface area contributed by atoms with E-state index in [-0.39, 0.29) is 12.5 Å². The first kappa shape index (κ1) is 18.0. The molecule has 0 fully saturated rings. The largest absolute Gasteiger partial charge is 0.462 e. The fourth-order valence-electron chi connectivity index (χ4n) is 2.16. The summed E-state index contributed by atoms with van der Waals surface area (Å²) in [4.78, 5) is 24.0. The minimum atomic E-state index is -0.412. The number of aryl methyl sites for hydroxylation is 1. The van der Waals surface area contributed by atoms with E-state index in [9.17, 15) is 9.59 Å². The van der Waals surface area contributed by atoms with Crippen molar-refractivity contribution in [3.05, 3.63) is 58.1 Å². The number of hydrogen-bond acceptors (Lipinski definition) is 4. The summed E-state index contributed by atoms with van der Waals surface area (Å²) in [5.41, 5.74) is 2.69. The maximum absolute atomic E-state index is 12.1. The van der Waals surface area contributed by atoms with E-state index in [0.29, 0.717) is 17.9 Å². The summed E-state index contributed by atoms with van der Waals surface area (Å²) < 4.78 is 5.97. The van der Waals surface area contributed by atoms with E-state index >= 15 is 0 Å². The van der Waals surface area contributed by atoms with Crippen molar-refractivity contribution < 1.29 is 14.3 Å². The van der Waals surface area contributed by atoms with Gasteiger partial charge in [-0.15, -0.1) is 0 Å². The van der Waals surface area contributed by atoms with Crippen LogP contribution in [0, 0.1) is 6.92 Å². The highest BCUT2D eigenvalue weighted by Crippen LogP contribution is 2.20. The molecule has 6 heteroatoms. The lowest BCUT2D eigenvalue weighted by Crippen LogP contribution is -2.23. The van der Waals surface area contributed by atoms with E-state index in [1.54, 1.807) is 31.2 Å². The first-order valence-electron chi connectivity index (χ1n) is 7.57. The van der Waals surface area contributed by atoms with Crippen LogP contribution in [0.5, 0.6) is 0 Å². The molecule has 0 aliphatic rings. The van der Waals surface area contributed by atoms with Crippen LogP contribution in [0.4, 0.5) is 11.4 Å². The molecule has 2 aromatic rings. The van der Waals surface area contributed by atoms with Crippen LogP contribution in [0.25, 0.3) is 0 Å². The second kappa shape index (κ2) is 8.49. The van der Waals surface area contributed by atoms with E-state index in [2.05, 4.69) is 26.6 Å². The summed E-state index contributed by atoms with van der Waals surface area (Å²) in [6.45, 7) is 4.02. The molecule has 0 heterocycles. The van der Waals surface area contributed by atoms with Crippen LogP contribution in [-0.4, -0.2) is 25.0 Å². The van der Waals surface area contributed by atoms with E-state index in [0.717, 1.165) is 15.7 Å². The van der Waals surface area contributed by atoms with Crippen molar-refractivity contribution >= 4 is 39.2 Å². The zero-order chi connectivity index (χ0) is 17.5. The predicted molar refractivity (Wildman–Crippen MR) is 98.4 cm³/mol. The van der Waals surface area contributed by atoms with Crippen molar-refractivity contribution in [3.8, 4) is 0 Å². The third-order valence-corrected chi connectivity index (χ3v) is 3.82. The molecule has 0 aromatic heterocycles. The number of para-hydroxylation sites is 1. The predicted octanol–water partition coefficient (Wildman–Crippen LogP) is 3.98. The highest BCUT2D eigenvalue weighted by Gasteiger charge is 2.12. The van der Waals surface area contributed by atoms with Gasteiger partial charge in [0, 0.05) is 15.8 Å². The van der Waals surface area contributed by atoms with Crippen LogP contribution < -0.4 is 10.6 Å². The molecule has 1 amide bonds. The minimum absolute atomic E-state index is 0.0475. The molecule has 0 aliphatic carbocycles. The smallest absolute Gasteiger partial charge is 0.340 e. The topological polar surface area (TPSA) is 67.4 Å². The molecule has 0 bridgehead atoms. The van der Waals surface area contributed by atoms with E-state index < -0.39 is 5.97 Å². The van der Waals surface area contributed by atoms with Gasteiger partial charge in [0.05, 0.1) is 18.7 Å². The lowest BCUT2D eigenvalue weighted by atomic mass is 10.1. The van der Waals surface area contributed by atoms with Crippen LogP contribution in [0.2, 0.25) is 0 Å². The molecule has 0 radical (unpaired) electrons. The molecule has 0 saturated heterocycles. The molecule has 0 saturated carbocycles. The van der Waals surface area contributed by atoms with Gasteiger partial charge in [0.25, 0.3) is 0 Å². The number of nitrogens with one attached hydrogen (secondary N) is 2. The second-order valence-electron chi connectivity index (χ2n) is 5.13. The molecular weight excluding hydrogens is 372 g/mol. The number of carbonyl (C=O) groups is 2. The van der Waals surface area contributed by atoms with Crippen LogP contribution in [0.15, 0.2) is 46.9 Å². The zero-order valence-electron chi connectivity index (χ0n) is 13.6. The number of esters is 1. The van der Waals surface area contributed by atoms with Gasteiger partial charge in [0.15, 0.2) is 0 Å². The van der Waals surface area contributed by atoms with Crippen molar-refractivity contribution in [1.82, 2.24) is 0 Å². The molecule has 0 spiro atoms. The van der Waals surface area contributed by atoms with Crippen LogP contribution in [0.1, 0.15) is 22.8 Å². The number of hydrogen-bond donors (Lipinski definition) is 2. The van der Waals surface area contributed by atoms with Crippen molar-refractivity contribution in [2.45, 2.75) is 13.8 Å². The summed E-state index contributed by atoms with van der Waals surface area (Å²) in [7, 11) is 0. The van der Waals surface area contributed by atoms with E-state index in [1.165, 1.54) is 0 Å². The Morgan fingerprint density at radius 1 is 1.12 bits per heavy atom. The van der Waals surface area contributed by atoms with Crippen molar-refractivity contribution in [2.75, 3.05) is 23.8 Å². The lowest BCUT2D eigenvalue weighted by molar-refractivity contribution is -0.114. The number of anilines is 2. The number of halogens is 1. The Kier molecular flexibility index (Phi) is 6.37. The van der Waals surface area contributed by atoms with Crippen molar-refractivity contribution in [3.63, 3.8) is 0 Å². The molecule has 24 heavy (non-hydrogen) atoms. The molecule has 2 N–H and O–H groups in total. The summed E-state index contributed by atoms with van der Waals surface area (Å²) in [5.74, 6) is -0.608. The highest BCUT2D eigenvalue weighted by atomic mass is 79.9. The maximum atomic E-state index is 12.1. The molecular formula is C18H19BrN2O3. The Morgan fingerprint density at radius 2 is 1.88 bits per heavy atom. The van der Waals surface area contributed by atoms with Crippen molar-refractivity contribution in [1.29, 1.82) is 0 Å². The summed E-state index contributed by atoms with van der Waals surface area (Å²) in [6.07, 6.45) is 0. The van der Waals surface area contributed by atoms with Gasteiger partial charge in [0.1, 0.15) is 0 Å². The van der Waals surface area contributed by atoms with Gasteiger partial charge >= 0.3 is 5.97 Å². The van der Waals surface area contributed by atoms with Gasteiger partial charge in [-0.3, -0.25) is 4.79 Å². The van der Waals surface area contributed by atoms with Crippen LogP contribution in [0.3, 0.4) is 0 Å². The highest BCUT2D eigenvalue weighted by molar-refractivity contribution is 9.10. The Labute approximate surface area is 149 Å². The average Bonchev–Trinajstić information content (AvgIpc) is 2.56. The quantitative estimate of drug-likeness (QED) is 0.731. The van der Waals surface area contributed by atoms with Gasteiger partial charge < -0.3 is 15.4 Å². The molecule has 0 unspecified atom stereocenters. The fourth-order valence-corrected chi connectivity index (χ4v) is 2.64. The number of amides is 1. The molecule has 2 aromatic carbocycles. The average molecular weight is 391 g/mol. The first-order chi connectivity index (χ1) is 11.5. The minimum Gasteiger partial charge on any atom is -0.462 e. The Morgan fingerprint density at radius 3 is 2.58 bits per heavy atom. The number of ether oxygens (including phenoxy) is 1. The molecule has 0 aliphatic heterocycles. The monoisotopic (exact) mass is 390 g/mol. The lowest BCUT2D eigenvalue weighted by Gasteiger charge is -2.12. The Hall–Kier alpha value is -2.34. The SMILES string of the molecule is CCOC(=O)c1ccccc1NCC(=O)Nc1ccc(Br)cc1C. The van der Waals surface area contributed by atoms with E-state index in [4.69, 9.17) is 4.74 Å².